The number of benzene rings is 1. The highest BCUT2D eigenvalue weighted by Crippen LogP contribution is 2.28. The van der Waals surface area contributed by atoms with Crippen molar-refractivity contribution in [3.8, 4) is 11.5 Å². The first-order valence-electron chi connectivity index (χ1n) is 6.14. The Morgan fingerprint density at radius 2 is 1.90 bits per heavy atom. The molecule has 0 aliphatic rings. The molecular formula is C14H20BrNO4. The summed E-state index contributed by atoms with van der Waals surface area (Å²) in [5, 5.41) is 0. The van der Waals surface area contributed by atoms with Gasteiger partial charge in [0.2, 0.25) is 0 Å². The summed E-state index contributed by atoms with van der Waals surface area (Å²) in [6.07, 6.45) is 0. The number of hydrogen-bond donors (Lipinski definition) is 0. The average molecular weight is 346 g/mol. The Morgan fingerprint density at radius 1 is 1.25 bits per heavy atom. The minimum Gasteiger partial charge on any atom is -0.493 e. The van der Waals surface area contributed by atoms with Crippen LogP contribution in [0.25, 0.3) is 0 Å². The summed E-state index contributed by atoms with van der Waals surface area (Å²) in [6, 6.07) is 5.12. The quantitative estimate of drug-likeness (QED) is 0.710. The Kier molecular flexibility index (Phi) is 6.81. The zero-order chi connectivity index (χ0) is 15.1. The lowest BCUT2D eigenvalue weighted by atomic mass is 10.1. The topological polar surface area (TPSA) is 48.0 Å². The van der Waals surface area contributed by atoms with Gasteiger partial charge < -0.3 is 19.1 Å². The molecule has 5 nitrogen and oxygen atoms in total. The van der Waals surface area contributed by atoms with E-state index in [-0.39, 0.29) is 10.7 Å². The van der Waals surface area contributed by atoms with Gasteiger partial charge >= 0.3 is 0 Å². The lowest BCUT2D eigenvalue weighted by molar-refractivity contribution is 0.0783. The molecule has 0 aliphatic heterocycles. The van der Waals surface area contributed by atoms with Crippen LogP contribution in [0.1, 0.15) is 10.4 Å². The molecule has 0 saturated heterocycles. The Balaban J connectivity index is 2.81. The van der Waals surface area contributed by atoms with E-state index >= 15 is 0 Å². The molecule has 0 aromatic heterocycles. The van der Waals surface area contributed by atoms with Gasteiger partial charge in [-0.3, -0.25) is 4.79 Å². The van der Waals surface area contributed by atoms with E-state index in [4.69, 9.17) is 14.2 Å². The first kappa shape index (κ1) is 16.8. The molecule has 1 aromatic rings. The molecule has 112 valence electrons. The molecule has 0 radical (unpaired) electrons. The summed E-state index contributed by atoms with van der Waals surface area (Å²) in [7, 11) is 6.49. The fourth-order valence-electron chi connectivity index (χ4n) is 1.80. The Morgan fingerprint density at radius 3 is 2.45 bits per heavy atom. The van der Waals surface area contributed by atoms with E-state index in [0.717, 1.165) is 0 Å². The fraction of sp³-hybridized carbons (Fsp3) is 0.500. The summed E-state index contributed by atoms with van der Waals surface area (Å²) in [5.74, 6) is 1.06. The van der Waals surface area contributed by atoms with Crippen LogP contribution in [0.4, 0.5) is 0 Å². The van der Waals surface area contributed by atoms with Gasteiger partial charge in [-0.15, -0.1) is 0 Å². The van der Waals surface area contributed by atoms with E-state index < -0.39 is 0 Å². The summed E-state index contributed by atoms with van der Waals surface area (Å²) in [6.45, 7) is 1.10. The molecule has 20 heavy (non-hydrogen) atoms. The van der Waals surface area contributed by atoms with Gasteiger partial charge in [-0.1, -0.05) is 15.9 Å². The van der Waals surface area contributed by atoms with Crippen molar-refractivity contribution in [2.24, 2.45) is 0 Å². The number of alkyl halides is 1. The molecule has 0 aliphatic carbocycles. The maximum absolute atomic E-state index is 12.3. The van der Waals surface area contributed by atoms with Crippen LogP contribution in [0.5, 0.6) is 11.5 Å². The van der Waals surface area contributed by atoms with Crippen molar-refractivity contribution in [3.63, 3.8) is 0 Å². The van der Waals surface area contributed by atoms with Gasteiger partial charge in [0.25, 0.3) is 5.91 Å². The van der Waals surface area contributed by atoms with Gasteiger partial charge in [-0.05, 0) is 18.2 Å². The molecule has 0 spiro atoms. The minimum absolute atomic E-state index is 0.0773. The number of nitrogens with zero attached hydrogens (tertiary/aromatic N) is 1. The summed E-state index contributed by atoms with van der Waals surface area (Å²) in [4.78, 5) is 14.1. The predicted octanol–water partition coefficient (Wildman–Crippen LogP) is 2.19. The van der Waals surface area contributed by atoms with E-state index in [9.17, 15) is 4.79 Å². The van der Waals surface area contributed by atoms with E-state index in [1.165, 1.54) is 0 Å². The highest BCUT2D eigenvalue weighted by atomic mass is 79.9. The zero-order valence-corrected chi connectivity index (χ0v) is 13.8. The normalized spacial score (nSPS) is 11.8. The SMILES string of the molecule is COCC(Br)CN(C)C(=O)c1ccc(OC)c(OC)c1. The van der Waals surface area contributed by atoms with Gasteiger partial charge in [0, 0.05) is 26.3 Å². The molecule has 0 fully saturated rings. The second-order valence-corrected chi connectivity index (χ2v) is 5.60. The average Bonchev–Trinajstić information content (AvgIpc) is 2.45. The third-order valence-electron chi connectivity index (χ3n) is 2.80. The highest BCUT2D eigenvalue weighted by Gasteiger charge is 2.17. The van der Waals surface area contributed by atoms with Crippen LogP contribution in [0.3, 0.4) is 0 Å². The summed E-state index contributed by atoms with van der Waals surface area (Å²) in [5.41, 5.74) is 0.558. The van der Waals surface area contributed by atoms with Crippen LogP contribution >= 0.6 is 15.9 Å². The first-order valence-corrected chi connectivity index (χ1v) is 7.05. The van der Waals surface area contributed by atoms with Crippen LogP contribution < -0.4 is 9.47 Å². The molecule has 6 heteroatoms. The van der Waals surface area contributed by atoms with Crippen LogP contribution in [0.2, 0.25) is 0 Å². The molecule has 0 bridgehead atoms. The minimum atomic E-state index is -0.0773. The van der Waals surface area contributed by atoms with Crippen LogP contribution in [0.15, 0.2) is 18.2 Å². The van der Waals surface area contributed by atoms with E-state index in [2.05, 4.69) is 15.9 Å². The highest BCUT2D eigenvalue weighted by molar-refractivity contribution is 9.09. The van der Waals surface area contributed by atoms with E-state index in [1.807, 2.05) is 0 Å². The molecule has 1 aromatic carbocycles. The van der Waals surface area contributed by atoms with Gasteiger partial charge in [0.05, 0.1) is 25.7 Å². The van der Waals surface area contributed by atoms with Crippen LogP contribution in [-0.2, 0) is 4.74 Å². The Bertz CT molecular complexity index is 453. The van der Waals surface area contributed by atoms with E-state index in [0.29, 0.717) is 30.2 Å². The molecule has 1 unspecified atom stereocenters. The van der Waals surface area contributed by atoms with Crippen LogP contribution in [0, 0.1) is 0 Å². The van der Waals surface area contributed by atoms with Gasteiger partial charge in [-0.2, -0.15) is 0 Å². The second kappa shape index (κ2) is 8.11. The molecule has 1 rings (SSSR count). The number of carbonyl (C=O) groups excluding carboxylic acids is 1. The maximum atomic E-state index is 12.3. The first-order chi connectivity index (χ1) is 9.53. The fourth-order valence-corrected chi connectivity index (χ4v) is 2.50. The van der Waals surface area contributed by atoms with Gasteiger partial charge in [0.1, 0.15) is 0 Å². The Labute approximate surface area is 127 Å². The molecule has 0 N–H and O–H groups in total. The largest absolute Gasteiger partial charge is 0.493 e. The van der Waals surface area contributed by atoms with E-state index in [1.54, 1.807) is 51.5 Å². The second-order valence-electron chi connectivity index (χ2n) is 4.31. The number of rotatable bonds is 7. The molecule has 1 atom stereocenters. The number of ether oxygens (including phenoxy) is 3. The number of amides is 1. The van der Waals surface area contributed by atoms with Crippen molar-refractivity contribution in [1.29, 1.82) is 0 Å². The van der Waals surface area contributed by atoms with Crippen molar-refractivity contribution >= 4 is 21.8 Å². The lowest BCUT2D eigenvalue weighted by Gasteiger charge is -2.20. The Hall–Kier alpha value is -1.27. The number of halogens is 1. The van der Waals surface area contributed by atoms with Gasteiger partial charge in [-0.25, -0.2) is 0 Å². The van der Waals surface area contributed by atoms with Crippen molar-refractivity contribution in [1.82, 2.24) is 4.90 Å². The molecular weight excluding hydrogens is 326 g/mol. The number of carbonyl (C=O) groups is 1. The summed E-state index contributed by atoms with van der Waals surface area (Å²) >= 11 is 3.47. The van der Waals surface area contributed by atoms with Crippen molar-refractivity contribution in [3.05, 3.63) is 23.8 Å². The monoisotopic (exact) mass is 345 g/mol. The molecule has 0 heterocycles. The van der Waals surface area contributed by atoms with Crippen molar-refractivity contribution in [2.75, 3.05) is 41.5 Å². The van der Waals surface area contributed by atoms with Crippen LogP contribution in [-0.4, -0.2) is 57.2 Å². The van der Waals surface area contributed by atoms with Gasteiger partial charge in [0.15, 0.2) is 11.5 Å². The van der Waals surface area contributed by atoms with Crippen molar-refractivity contribution < 1.29 is 19.0 Å². The van der Waals surface area contributed by atoms with Crippen molar-refractivity contribution in [2.45, 2.75) is 4.83 Å². The third-order valence-corrected chi connectivity index (χ3v) is 3.35. The molecule has 1 amide bonds. The zero-order valence-electron chi connectivity index (χ0n) is 12.2. The summed E-state index contributed by atoms with van der Waals surface area (Å²) < 4.78 is 15.4. The third kappa shape index (κ3) is 4.38. The maximum Gasteiger partial charge on any atom is 0.253 e. The standard InChI is InChI=1S/C14H20BrNO4/c1-16(8-11(15)9-18-2)14(17)10-5-6-12(19-3)13(7-10)20-4/h5-7,11H,8-9H2,1-4H3. The smallest absolute Gasteiger partial charge is 0.253 e. The number of methoxy groups -OCH3 is 3. The predicted molar refractivity (Wildman–Crippen MR) is 81.1 cm³/mol. The molecule has 0 saturated carbocycles. The number of hydrogen-bond acceptors (Lipinski definition) is 4. The lowest BCUT2D eigenvalue weighted by Crippen LogP contribution is -2.33.